The fraction of sp³-hybridized carbons (Fsp3) is 0.226. The third kappa shape index (κ3) is 9.03. The number of esters is 4. The van der Waals surface area contributed by atoms with Crippen LogP contribution in [0.2, 0.25) is 0 Å². The number of aryl methyl sites for hydroxylation is 1. The van der Waals surface area contributed by atoms with Crippen molar-refractivity contribution in [2.75, 3.05) is 19.5 Å². The Bertz CT molecular complexity index is 1790. The molecule has 0 heterocycles. The Kier molecular flexibility index (Phi) is 11.7. The third-order valence-electron chi connectivity index (χ3n) is 6.24. The molecule has 0 aliphatic heterocycles. The maximum atomic E-state index is 13.6. The Morgan fingerprint density at radius 1 is 0.729 bits per heavy atom. The van der Waals surface area contributed by atoms with E-state index in [0.29, 0.717) is 5.56 Å². The highest BCUT2D eigenvalue weighted by Gasteiger charge is 2.41. The zero-order valence-electron chi connectivity index (χ0n) is 26.0. The number of ether oxygens (including phenoxy) is 6. The largest absolute Gasteiger partial charge is 0.493 e. The number of carbonyl (C=O) groups is 6. The molecule has 0 unspecified atom stereocenters. The van der Waals surface area contributed by atoms with Crippen molar-refractivity contribution >= 4 is 47.1 Å². The smallest absolute Gasteiger partial charge is 0.349 e. The van der Waals surface area contributed by atoms with Crippen LogP contribution in [0.3, 0.4) is 0 Å². The minimum atomic E-state index is -2.48. The van der Waals surface area contributed by atoms with Gasteiger partial charge in [-0.25, -0.2) is 14.4 Å². The number of nitro groups is 1. The minimum Gasteiger partial charge on any atom is -0.493 e. The second-order valence-electron chi connectivity index (χ2n) is 9.65. The van der Waals surface area contributed by atoms with E-state index in [0.717, 1.165) is 50.2 Å². The molecule has 3 aromatic rings. The number of nitrogens with one attached hydrogen (secondary N) is 1. The molecule has 48 heavy (non-hydrogen) atoms. The summed E-state index contributed by atoms with van der Waals surface area (Å²) in [7, 11) is 2.42. The zero-order chi connectivity index (χ0) is 35.7. The molecule has 1 amide bonds. The van der Waals surface area contributed by atoms with Crippen molar-refractivity contribution in [2.24, 2.45) is 0 Å². The summed E-state index contributed by atoms with van der Waals surface area (Å²) >= 11 is 0. The molecule has 0 saturated heterocycles. The van der Waals surface area contributed by atoms with Gasteiger partial charge in [-0.2, -0.15) is 0 Å². The van der Waals surface area contributed by atoms with E-state index in [1.807, 2.05) is 0 Å². The van der Waals surface area contributed by atoms with E-state index in [9.17, 15) is 44.0 Å². The molecule has 2 N–H and O–H groups in total. The summed E-state index contributed by atoms with van der Waals surface area (Å²) in [5.74, 6) is -7.58. The number of aliphatic carboxylic acids is 1. The molecule has 0 radical (unpaired) electrons. The minimum absolute atomic E-state index is 0.0648. The molecule has 0 fully saturated rings. The van der Waals surface area contributed by atoms with Crippen LogP contribution in [0.1, 0.15) is 40.1 Å². The molecule has 0 bridgehead atoms. The summed E-state index contributed by atoms with van der Waals surface area (Å²) in [5.41, 5.74) is -0.845. The van der Waals surface area contributed by atoms with Crippen LogP contribution >= 0.6 is 0 Å². The summed E-state index contributed by atoms with van der Waals surface area (Å²) < 4.78 is 30.6. The monoisotopic (exact) mass is 668 g/mol. The lowest BCUT2D eigenvalue weighted by Gasteiger charge is -2.24. The van der Waals surface area contributed by atoms with Gasteiger partial charge in [0, 0.05) is 26.0 Å². The molecule has 0 aromatic heterocycles. The van der Waals surface area contributed by atoms with Crippen LogP contribution in [-0.4, -0.2) is 72.2 Å². The highest BCUT2D eigenvalue weighted by molar-refractivity contribution is 6.02. The number of amides is 1. The van der Waals surface area contributed by atoms with Gasteiger partial charge < -0.3 is 38.8 Å². The molecule has 2 atom stereocenters. The first kappa shape index (κ1) is 36.0. The van der Waals surface area contributed by atoms with Gasteiger partial charge in [0.2, 0.25) is 12.2 Å². The molecule has 0 aliphatic rings. The molecule has 17 heteroatoms. The van der Waals surface area contributed by atoms with E-state index >= 15 is 0 Å². The predicted molar refractivity (Wildman–Crippen MR) is 161 cm³/mol. The molecule has 0 spiro atoms. The van der Waals surface area contributed by atoms with Crippen molar-refractivity contribution in [1.29, 1.82) is 0 Å². The van der Waals surface area contributed by atoms with Gasteiger partial charge in [0.1, 0.15) is 0 Å². The molecule has 0 saturated carbocycles. The molecule has 0 aliphatic carbocycles. The molecule has 3 aromatic carbocycles. The molecular formula is C31H28N2O15. The quantitative estimate of drug-likeness (QED) is 0.115. The third-order valence-corrected chi connectivity index (χ3v) is 6.24. The van der Waals surface area contributed by atoms with Crippen LogP contribution in [0, 0.1) is 17.0 Å². The number of rotatable bonds is 13. The van der Waals surface area contributed by atoms with Gasteiger partial charge in [0.15, 0.2) is 23.0 Å². The van der Waals surface area contributed by atoms with Crippen LogP contribution in [0.5, 0.6) is 23.0 Å². The SMILES string of the molecule is COc1cc(C(=O)O[C@H](C(=O)O)[C@@H](OC(=O)c2ccc(OC(C)=O)c(OC)c2)C(=O)Nc2cc([N+](=O)[O-])ccc2C)ccc1OC(C)=O. The number of hydrogen-bond donors (Lipinski definition) is 2. The summed E-state index contributed by atoms with van der Waals surface area (Å²) in [5, 5.41) is 23.7. The Morgan fingerprint density at radius 2 is 1.21 bits per heavy atom. The number of hydrogen-bond acceptors (Lipinski definition) is 14. The normalized spacial score (nSPS) is 11.6. The van der Waals surface area contributed by atoms with Crippen LogP contribution in [0.4, 0.5) is 11.4 Å². The van der Waals surface area contributed by atoms with Gasteiger partial charge in [-0.3, -0.25) is 24.5 Å². The fourth-order valence-corrected chi connectivity index (χ4v) is 3.99. The van der Waals surface area contributed by atoms with Crippen molar-refractivity contribution in [3.8, 4) is 23.0 Å². The Hall–Kier alpha value is -6.52. The number of carboxylic acid groups (broad SMARTS) is 1. The van der Waals surface area contributed by atoms with Crippen molar-refractivity contribution in [3.05, 3.63) is 81.4 Å². The highest BCUT2D eigenvalue weighted by Crippen LogP contribution is 2.31. The Morgan fingerprint density at radius 3 is 1.62 bits per heavy atom. The zero-order valence-corrected chi connectivity index (χ0v) is 26.0. The van der Waals surface area contributed by atoms with Gasteiger partial charge in [0.25, 0.3) is 11.6 Å². The summed E-state index contributed by atoms with van der Waals surface area (Å²) in [4.78, 5) is 85.8. The summed E-state index contributed by atoms with van der Waals surface area (Å²) in [6.45, 7) is 3.75. The Labute approximate surface area is 271 Å². The maximum absolute atomic E-state index is 13.6. The number of methoxy groups -OCH3 is 2. The standard InChI is InChI=1S/C31H28N2O15/c1-15-6-9-20(33(41)42)14-21(15)32-28(36)26(47-30(39)18-7-10-22(45-16(2)34)24(12-18)43-4)27(29(37)38)48-31(40)19-8-11-23(46-17(3)35)25(13-19)44-5/h6-14,26-27H,1-5H3,(H,32,36)(H,37,38)/t26-,27+/m1/s1. The van der Waals surface area contributed by atoms with E-state index < -0.39 is 58.6 Å². The number of nitro benzene ring substituents is 1. The average Bonchev–Trinajstić information content (AvgIpc) is 3.02. The lowest BCUT2D eigenvalue weighted by atomic mass is 10.1. The molecule has 3 rings (SSSR count). The lowest BCUT2D eigenvalue weighted by molar-refractivity contribution is -0.384. The van der Waals surface area contributed by atoms with Gasteiger partial charge >= 0.3 is 29.8 Å². The Balaban J connectivity index is 2.03. The second-order valence-corrected chi connectivity index (χ2v) is 9.65. The van der Waals surface area contributed by atoms with Crippen molar-refractivity contribution in [1.82, 2.24) is 0 Å². The first-order valence-electron chi connectivity index (χ1n) is 13.6. The average molecular weight is 669 g/mol. The van der Waals surface area contributed by atoms with E-state index in [4.69, 9.17) is 28.4 Å². The molecular weight excluding hydrogens is 640 g/mol. The fourth-order valence-electron chi connectivity index (χ4n) is 3.99. The number of carbonyl (C=O) groups excluding carboxylic acids is 5. The van der Waals surface area contributed by atoms with Gasteiger partial charge in [-0.15, -0.1) is 0 Å². The van der Waals surface area contributed by atoms with E-state index in [1.165, 1.54) is 39.3 Å². The van der Waals surface area contributed by atoms with Gasteiger partial charge in [-0.05, 0) is 48.9 Å². The van der Waals surface area contributed by atoms with E-state index in [2.05, 4.69) is 5.32 Å². The van der Waals surface area contributed by atoms with Gasteiger partial charge in [-0.1, -0.05) is 6.07 Å². The maximum Gasteiger partial charge on any atom is 0.349 e. The lowest BCUT2D eigenvalue weighted by Crippen LogP contribution is -2.48. The van der Waals surface area contributed by atoms with Crippen LogP contribution in [0.25, 0.3) is 0 Å². The molecule has 17 nitrogen and oxygen atoms in total. The molecule has 252 valence electrons. The first-order valence-corrected chi connectivity index (χ1v) is 13.6. The number of anilines is 1. The van der Waals surface area contributed by atoms with E-state index in [-0.39, 0.29) is 39.8 Å². The number of non-ortho nitro benzene ring substituents is 1. The van der Waals surface area contributed by atoms with Gasteiger partial charge in [0.05, 0.1) is 36.0 Å². The van der Waals surface area contributed by atoms with E-state index in [1.54, 1.807) is 0 Å². The summed E-state index contributed by atoms with van der Waals surface area (Å²) in [6.07, 6.45) is -4.87. The van der Waals surface area contributed by atoms with Crippen LogP contribution in [-0.2, 0) is 28.7 Å². The van der Waals surface area contributed by atoms with Crippen LogP contribution in [0.15, 0.2) is 54.6 Å². The van der Waals surface area contributed by atoms with Crippen molar-refractivity contribution in [2.45, 2.75) is 33.0 Å². The van der Waals surface area contributed by atoms with Crippen molar-refractivity contribution in [3.63, 3.8) is 0 Å². The number of nitrogens with zero attached hydrogens (tertiary/aromatic N) is 1. The highest BCUT2D eigenvalue weighted by atomic mass is 16.6. The predicted octanol–water partition coefficient (Wildman–Crippen LogP) is 3.25. The topological polar surface area (TPSA) is 233 Å². The summed E-state index contributed by atoms with van der Waals surface area (Å²) in [6, 6.07) is 10.2. The second kappa shape index (κ2) is 15.7. The number of benzene rings is 3. The number of carboxylic acids is 1. The van der Waals surface area contributed by atoms with Crippen LogP contribution < -0.4 is 24.3 Å². The first-order chi connectivity index (χ1) is 22.6. The van der Waals surface area contributed by atoms with Crippen molar-refractivity contribution < 1.29 is 67.2 Å².